The van der Waals surface area contributed by atoms with Crippen LogP contribution in [0.5, 0.6) is 0 Å². The first-order valence-electron chi connectivity index (χ1n) is 14.4. The van der Waals surface area contributed by atoms with Crippen LogP contribution in [0.2, 0.25) is 5.04 Å². The largest absolute Gasteiger partial charge is 0.469 e. The van der Waals surface area contributed by atoms with E-state index in [1.807, 2.05) is 0 Å². The van der Waals surface area contributed by atoms with Crippen LogP contribution >= 0.6 is 0 Å². The van der Waals surface area contributed by atoms with Gasteiger partial charge in [0, 0.05) is 6.42 Å². The molecule has 1 atom stereocenters. The molecule has 0 aliphatic carbocycles. The fourth-order valence-corrected chi connectivity index (χ4v) is 10.0. The maximum absolute atomic E-state index is 11.4. The summed E-state index contributed by atoms with van der Waals surface area (Å²) in [5, 5.41) is 2.55. The number of hydrogen-bond donors (Lipinski definition) is 0. The molecule has 3 rings (SSSR count). The number of methoxy groups -OCH3 is 1. The molecule has 0 aliphatic heterocycles. The molecule has 0 bridgehead atoms. The van der Waals surface area contributed by atoms with Crippen molar-refractivity contribution in [1.82, 2.24) is 0 Å². The molecule has 0 fully saturated rings. The molecule has 0 spiro atoms. The van der Waals surface area contributed by atoms with Gasteiger partial charge < -0.3 is 9.16 Å². The van der Waals surface area contributed by atoms with Gasteiger partial charge in [-0.25, -0.2) is 0 Å². The molecular weight excluding hydrogens is 496 g/mol. The third kappa shape index (κ3) is 8.27. The number of benzene rings is 3. The van der Waals surface area contributed by atoms with Crippen molar-refractivity contribution in [3.63, 3.8) is 0 Å². The van der Waals surface area contributed by atoms with Gasteiger partial charge in [-0.2, -0.15) is 0 Å². The molecule has 3 aromatic carbocycles. The van der Waals surface area contributed by atoms with Crippen molar-refractivity contribution in [2.24, 2.45) is 0 Å². The Kier molecular flexibility index (Phi) is 11.8. The van der Waals surface area contributed by atoms with Crippen molar-refractivity contribution >= 4 is 30.7 Å². The van der Waals surface area contributed by atoms with Crippen molar-refractivity contribution in [1.29, 1.82) is 0 Å². The van der Waals surface area contributed by atoms with Crippen molar-refractivity contribution < 1.29 is 14.0 Å². The third-order valence-corrected chi connectivity index (χ3v) is 12.4. The molecule has 0 heterocycles. The molecule has 0 N–H and O–H groups in total. The van der Waals surface area contributed by atoms with E-state index >= 15 is 0 Å². The minimum Gasteiger partial charge on any atom is -0.469 e. The number of ether oxygens (including phenoxy) is 1. The molecule has 1 unspecified atom stereocenters. The Bertz CT molecular complexity index is 1130. The predicted molar refractivity (Wildman–Crippen MR) is 167 cm³/mol. The minimum absolute atomic E-state index is 0.00414. The Hall–Kier alpha value is -2.95. The standard InChI is InChI=1S/C35H46O3Si/c1-6-7-11-26-33(30-21-18-20-29(28-30)19-12-8-17-27-34(36)37-5)38-39(35(2,3)4,31-22-13-9-14-23-31)32-24-15-10-16-25-32/h9-10,12-16,18-25,28,33H,6-8,11,17,26-27H2,1-5H3/b19-12-. The first kappa shape index (κ1) is 30.6. The molecule has 3 aromatic rings. The first-order valence-corrected chi connectivity index (χ1v) is 16.3. The lowest BCUT2D eigenvalue weighted by molar-refractivity contribution is -0.140. The second-order valence-corrected chi connectivity index (χ2v) is 15.6. The van der Waals surface area contributed by atoms with Crippen LogP contribution in [0.3, 0.4) is 0 Å². The second-order valence-electron chi connectivity index (χ2n) is 11.3. The van der Waals surface area contributed by atoms with Crippen LogP contribution in [0.25, 0.3) is 6.08 Å². The fraction of sp³-hybridized carbons (Fsp3) is 0.400. The summed E-state index contributed by atoms with van der Waals surface area (Å²) in [6.07, 6.45) is 10.9. The second kappa shape index (κ2) is 15.0. The highest BCUT2D eigenvalue weighted by molar-refractivity contribution is 6.99. The smallest absolute Gasteiger partial charge is 0.305 e. The first-order chi connectivity index (χ1) is 18.8. The Morgan fingerprint density at radius 3 is 2.08 bits per heavy atom. The van der Waals surface area contributed by atoms with Crippen LogP contribution in [0.15, 0.2) is 91.0 Å². The van der Waals surface area contributed by atoms with Gasteiger partial charge in [0.1, 0.15) is 0 Å². The molecule has 0 aliphatic rings. The number of rotatable bonds is 14. The SMILES string of the molecule is CCCCCC(O[Si](c1ccccc1)(c1ccccc1)C(C)(C)C)c1cccc(/C=C\CCCC(=O)OC)c1. The topological polar surface area (TPSA) is 35.5 Å². The van der Waals surface area contributed by atoms with Crippen molar-refractivity contribution in [3.05, 3.63) is 102 Å². The molecule has 0 aromatic heterocycles. The normalized spacial score (nSPS) is 12.9. The Labute approximate surface area is 237 Å². The molecule has 0 radical (unpaired) electrons. The van der Waals surface area contributed by atoms with Gasteiger partial charge in [0.2, 0.25) is 0 Å². The summed E-state index contributed by atoms with van der Waals surface area (Å²) in [4.78, 5) is 11.4. The van der Waals surface area contributed by atoms with E-state index < -0.39 is 8.32 Å². The van der Waals surface area contributed by atoms with E-state index in [9.17, 15) is 4.79 Å². The molecular formula is C35H46O3Si. The summed E-state index contributed by atoms with van der Waals surface area (Å²) in [5.41, 5.74) is 2.40. The fourth-order valence-electron chi connectivity index (χ4n) is 5.33. The van der Waals surface area contributed by atoms with Gasteiger partial charge in [0.15, 0.2) is 0 Å². The van der Waals surface area contributed by atoms with Crippen molar-refractivity contribution in [2.75, 3.05) is 7.11 Å². The molecule has 0 saturated heterocycles. The van der Waals surface area contributed by atoms with E-state index in [4.69, 9.17) is 9.16 Å². The lowest BCUT2D eigenvalue weighted by atomic mass is 10.0. The number of carbonyl (C=O) groups is 1. The van der Waals surface area contributed by atoms with Crippen LogP contribution < -0.4 is 10.4 Å². The van der Waals surface area contributed by atoms with Crippen molar-refractivity contribution in [2.45, 2.75) is 83.8 Å². The number of esters is 1. The molecule has 0 saturated carbocycles. The average molecular weight is 543 g/mol. The summed E-state index contributed by atoms with van der Waals surface area (Å²) in [7, 11) is -1.25. The van der Waals surface area contributed by atoms with E-state index in [1.54, 1.807) is 0 Å². The van der Waals surface area contributed by atoms with Crippen molar-refractivity contribution in [3.8, 4) is 0 Å². The maximum atomic E-state index is 11.4. The average Bonchev–Trinajstić information content (AvgIpc) is 2.95. The Morgan fingerprint density at radius 1 is 0.872 bits per heavy atom. The zero-order valence-corrected chi connectivity index (χ0v) is 25.5. The van der Waals surface area contributed by atoms with Gasteiger partial charge in [-0.15, -0.1) is 0 Å². The van der Waals surface area contributed by atoms with Gasteiger partial charge in [0.25, 0.3) is 8.32 Å². The summed E-state index contributed by atoms with van der Waals surface area (Å²) in [6, 6.07) is 30.6. The Balaban J connectivity index is 2.00. The maximum Gasteiger partial charge on any atom is 0.305 e. The predicted octanol–water partition coefficient (Wildman–Crippen LogP) is 8.24. The van der Waals surface area contributed by atoms with Gasteiger partial charge >= 0.3 is 5.97 Å². The number of unbranched alkanes of at least 4 members (excludes halogenated alkanes) is 3. The summed E-state index contributed by atoms with van der Waals surface area (Å²) >= 11 is 0. The highest BCUT2D eigenvalue weighted by Gasteiger charge is 2.51. The monoisotopic (exact) mass is 542 g/mol. The molecule has 4 heteroatoms. The van der Waals surface area contributed by atoms with Crippen LogP contribution in [0.1, 0.15) is 89.9 Å². The Morgan fingerprint density at radius 2 is 1.51 bits per heavy atom. The highest BCUT2D eigenvalue weighted by atomic mass is 28.4. The van der Waals surface area contributed by atoms with Crippen LogP contribution in [-0.2, 0) is 14.0 Å². The van der Waals surface area contributed by atoms with Gasteiger partial charge in [-0.05, 0) is 51.9 Å². The summed E-state index contributed by atoms with van der Waals surface area (Å²) in [6.45, 7) is 9.28. The van der Waals surface area contributed by atoms with Gasteiger partial charge in [-0.3, -0.25) is 4.79 Å². The van der Waals surface area contributed by atoms with Crippen LogP contribution in [0.4, 0.5) is 0 Å². The van der Waals surface area contributed by atoms with Gasteiger partial charge in [0.05, 0.1) is 13.2 Å². The highest BCUT2D eigenvalue weighted by Crippen LogP contribution is 2.41. The molecule has 0 amide bonds. The summed E-state index contributed by atoms with van der Waals surface area (Å²) < 4.78 is 12.4. The molecule has 3 nitrogen and oxygen atoms in total. The molecule has 39 heavy (non-hydrogen) atoms. The van der Waals surface area contributed by atoms with E-state index in [0.717, 1.165) is 31.2 Å². The molecule has 208 valence electrons. The quantitative estimate of drug-likeness (QED) is 0.117. The number of hydrogen-bond acceptors (Lipinski definition) is 3. The summed E-state index contributed by atoms with van der Waals surface area (Å²) in [5.74, 6) is -0.152. The van der Waals surface area contributed by atoms with Crippen LogP contribution in [0, 0.1) is 0 Å². The van der Waals surface area contributed by atoms with Gasteiger partial charge in [-0.1, -0.05) is 138 Å². The van der Waals surface area contributed by atoms with E-state index in [2.05, 4.69) is 125 Å². The van der Waals surface area contributed by atoms with E-state index in [-0.39, 0.29) is 17.1 Å². The van der Waals surface area contributed by atoms with Crippen LogP contribution in [-0.4, -0.2) is 21.4 Å². The third-order valence-electron chi connectivity index (χ3n) is 7.38. The lowest BCUT2D eigenvalue weighted by Gasteiger charge is -2.45. The van der Waals surface area contributed by atoms with E-state index in [0.29, 0.717) is 6.42 Å². The number of allylic oxidation sites excluding steroid dienone is 1. The lowest BCUT2D eigenvalue weighted by Crippen LogP contribution is -2.66. The van der Waals surface area contributed by atoms with E-state index in [1.165, 1.54) is 35.9 Å². The minimum atomic E-state index is -2.69. The zero-order valence-electron chi connectivity index (χ0n) is 24.5. The number of carbonyl (C=O) groups excluding carboxylic acids is 1. The zero-order chi connectivity index (χ0) is 28.1.